The minimum absolute atomic E-state index is 0.139. The average Bonchev–Trinajstić information content (AvgIpc) is 3.14. The highest BCUT2D eigenvalue weighted by atomic mass is 79.9. The second-order valence-electron chi connectivity index (χ2n) is 7.68. The summed E-state index contributed by atoms with van der Waals surface area (Å²) in [6, 6.07) is 10.4. The summed E-state index contributed by atoms with van der Waals surface area (Å²) in [4.78, 5) is 19.7. The lowest BCUT2D eigenvalue weighted by molar-refractivity contribution is 0.122. The van der Waals surface area contributed by atoms with Gasteiger partial charge in [0.15, 0.2) is 5.65 Å². The smallest absolute Gasteiger partial charge is 0.251 e. The van der Waals surface area contributed by atoms with Gasteiger partial charge in [-0.05, 0) is 51.3 Å². The molecule has 4 aromatic rings. The molecule has 3 aromatic heterocycles. The van der Waals surface area contributed by atoms with Crippen molar-refractivity contribution in [3.8, 4) is 11.1 Å². The van der Waals surface area contributed by atoms with Gasteiger partial charge in [-0.25, -0.2) is 9.37 Å². The number of hydrogen-bond donors (Lipinski definition) is 1. The summed E-state index contributed by atoms with van der Waals surface area (Å²) in [5.41, 5.74) is 4.15. The summed E-state index contributed by atoms with van der Waals surface area (Å²) < 4.78 is 22.6. The lowest BCUT2D eigenvalue weighted by Gasteiger charge is -2.28. The van der Waals surface area contributed by atoms with E-state index >= 15 is 0 Å². The molecule has 0 spiro atoms. The largest absolute Gasteiger partial charge is 0.378 e. The number of hydrogen-bond acceptors (Lipinski definition) is 5. The molecule has 164 valence electrons. The van der Waals surface area contributed by atoms with Crippen LogP contribution in [0.2, 0.25) is 0 Å². The molecule has 0 N–H and O–H groups in total. The highest BCUT2D eigenvalue weighted by Crippen LogP contribution is 2.32. The Morgan fingerprint density at radius 1 is 1.16 bits per heavy atom. The monoisotopic (exact) mass is 514 g/mol. The molecule has 32 heavy (non-hydrogen) atoms. The average molecular weight is 515 g/mol. The lowest BCUT2D eigenvalue weighted by Crippen LogP contribution is -2.36. The van der Waals surface area contributed by atoms with Gasteiger partial charge in [0.1, 0.15) is 5.82 Å². The summed E-state index contributed by atoms with van der Waals surface area (Å²) in [6.45, 7) is 3.39. The molecule has 5 rings (SSSR count). The van der Waals surface area contributed by atoms with Crippen LogP contribution in [0, 0.1) is 5.82 Å². The fourth-order valence-corrected chi connectivity index (χ4v) is 4.65. The van der Waals surface area contributed by atoms with Crippen LogP contribution in [0.1, 0.15) is 5.56 Å². The predicted molar refractivity (Wildman–Crippen MR) is 130 cm³/mol. The number of anilines is 1. The Kier molecular flexibility index (Phi) is 5.79. The number of morpholine rings is 1. The minimum atomic E-state index is -0.329. The topological polar surface area (TPSA) is 52.3 Å². The van der Waals surface area contributed by atoms with Gasteiger partial charge in [0.05, 0.1) is 36.1 Å². The van der Waals surface area contributed by atoms with Gasteiger partial charge in [-0.15, -0.1) is 0 Å². The molecule has 1 aliphatic heterocycles. The number of aromatic nitrogens is 3. The zero-order valence-electron chi connectivity index (χ0n) is 17.0. The maximum Gasteiger partial charge on any atom is 0.251 e. The zero-order valence-corrected chi connectivity index (χ0v) is 19.5. The van der Waals surface area contributed by atoms with Crippen molar-refractivity contribution >= 4 is 45.5 Å². The number of benzene rings is 1. The van der Waals surface area contributed by atoms with Crippen molar-refractivity contribution in [2.75, 3.05) is 31.2 Å². The van der Waals surface area contributed by atoms with Crippen LogP contribution in [0.5, 0.6) is 0 Å². The summed E-state index contributed by atoms with van der Waals surface area (Å²) in [5.74, 6) is -0.329. The second kappa shape index (κ2) is 8.73. The summed E-state index contributed by atoms with van der Waals surface area (Å²) >= 11 is 7.71. The van der Waals surface area contributed by atoms with Gasteiger partial charge < -0.3 is 14.2 Å². The van der Waals surface area contributed by atoms with Crippen LogP contribution < -0.4 is 10.5 Å². The van der Waals surface area contributed by atoms with Crippen molar-refractivity contribution in [2.45, 2.75) is 6.54 Å². The van der Waals surface area contributed by atoms with Crippen LogP contribution >= 0.6 is 28.7 Å². The number of pyridine rings is 2. The zero-order chi connectivity index (χ0) is 22.2. The van der Waals surface area contributed by atoms with E-state index in [2.05, 4.69) is 44.7 Å². The van der Waals surface area contributed by atoms with Crippen LogP contribution in [0.25, 0.3) is 22.2 Å². The van der Waals surface area contributed by atoms with Crippen LogP contribution in [-0.2, 0) is 11.3 Å². The molecule has 1 saturated heterocycles. The van der Waals surface area contributed by atoms with E-state index in [1.165, 1.54) is 6.07 Å². The van der Waals surface area contributed by atoms with E-state index in [-0.39, 0.29) is 11.4 Å². The third-order valence-electron chi connectivity index (χ3n) is 5.63. The number of fused-ring (bicyclic) bond motifs is 1. The summed E-state index contributed by atoms with van der Waals surface area (Å²) in [7, 11) is 0. The standard InChI is InChI=1S/C23H20BrFN4O2S/c24-20-9-15(1-2-21(20)25)13-28-4-3-16(10-22(28)30)19-14-29(32)23-18(19)11-17(12-26-23)27-5-7-31-8-6-27/h1-4,9-12,14,32H,5-8,13H2. The lowest BCUT2D eigenvalue weighted by atomic mass is 10.1. The van der Waals surface area contributed by atoms with Crippen LogP contribution in [0.15, 0.2) is 64.3 Å². The highest BCUT2D eigenvalue weighted by molar-refractivity contribution is 9.10. The van der Waals surface area contributed by atoms with Crippen LogP contribution in [0.3, 0.4) is 0 Å². The molecular weight excluding hydrogens is 495 g/mol. The molecule has 1 aromatic carbocycles. The molecule has 1 aliphatic rings. The quantitative estimate of drug-likeness (QED) is 0.411. The van der Waals surface area contributed by atoms with Crippen molar-refractivity contribution < 1.29 is 9.13 Å². The van der Waals surface area contributed by atoms with Gasteiger partial charge in [0.2, 0.25) is 0 Å². The molecule has 0 radical (unpaired) electrons. The van der Waals surface area contributed by atoms with Crippen molar-refractivity contribution in [3.05, 3.63) is 81.2 Å². The van der Waals surface area contributed by atoms with E-state index in [0.29, 0.717) is 24.2 Å². The Bertz CT molecular complexity index is 1360. The number of ether oxygens (including phenoxy) is 1. The van der Waals surface area contributed by atoms with Crippen molar-refractivity contribution in [3.63, 3.8) is 0 Å². The maximum absolute atomic E-state index is 13.5. The first kappa shape index (κ1) is 21.2. The van der Waals surface area contributed by atoms with Gasteiger partial charge in [0.25, 0.3) is 5.56 Å². The molecule has 0 unspecified atom stereocenters. The third kappa shape index (κ3) is 4.07. The molecule has 4 heterocycles. The molecule has 0 saturated carbocycles. The molecule has 9 heteroatoms. The van der Waals surface area contributed by atoms with Crippen LogP contribution in [-0.4, -0.2) is 39.8 Å². The van der Waals surface area contributed by atoms with E-state index in [0.717, 1.165) is 46.5 Å². The fraction of sp³-hybridized carbons (Fsp3) is 0.217. The number of halogens is 2. The van der Waals surface area contributed by atoms with E-state index in [1.54, 1.807) is 32.9 Å². The van der Waals surface area contributed by atoms with Gasteiger partial charge in [-0.3, -0.25) is 8.77 Å². The minimum Gasteiger partial charge on any atom is -0.378 e. The summed E-state index contributed by atoms with van der Waals surface area (Å²) in [6.07, 6.45) is 5.49. The maximum atomic E-state index is 13.5. The van der Waals surface area contributed by atoms with Gasteiger partial charge in [-0.1, -0.05) is 18.9 Å². The van der Waals surface area contributed by atoms with Crippen molar-refractivity contribution in [1.29, 1.82) is 0 Å². The molecule has 0 bridgehead atoms. The van der Waals surface area contributed by atoms with Gasteiger partial charge >= 0.3 is 0 Å². The molecule has 1 fully saturated rings. The first-order chi connectivity index (χ1) is 15.5. The van der Waals surface area contributed by atoms with Crippen LogP contribution in [0.4, 0.5) is 10.1 Å². The third-order valence-corrected chi connectivity index (χ3v) is 6.54. The number of nitrogens with zero attached hydrogens (tertiary/aromatic N) is 4. The van der Waals surface area contributed by atoms with Crippen molar-refractivity contribution in [2.24, 2.45) is 0 Å². The first-order valence-corrected chi connectivity index (χ1v) is 11.4. The SMILES string of the molecule is O=c1cc(-c2cn(S)c3ncc(N4CCOCC4)cc23)ccn1Cc1ccc(F)c(Br)c1. The van der Waals surface area contributed by atoms with E-state index in [4.69, 9.17) is 4.74 Å². The molecule has 0 amide bonds. The Morgan fingerprint density at radius 3 is 2.72 bits per heavy atom. The van der Waals surface area contributed by atoms with E-state index < -0.39 is 0 Å². The second-order valence-corrected chi connectivity index (χ2v) is 8.97. The number of rotatable bonds is 4. The van der Waals surface area contributed by atoms with Crippen molar-refractivity contribution in [1.82, 2.24) is 13.5 Å². The Balaban J connectivity index is 1.49. The summed E-state index contributed by atoms with van der Waals surface area (Å²) in [5, 5.41) is 0.934. The Labute approximate surface area is 197 Å². The predicted octanol–water partition coefficient (Wildman–Crippen LogP) is 4.34. The molecule has 0 aliphatic carbocycles. The Morgan fingerprint density at radius 2 is 1.97 bits per heavy atom. The van der Waals surface area contributed by atoms with Gasteiger partial charge in [-0.2, -0.15) is 0 Å². The number of thiol groups is 1. The van der Waals surface area contributed by atoms with E-state index in [1.807, 2.05) is 18.5 Å². The molecule has 6 nitrogen and oxygen atoms in total. The van der Waals surface area contributed by atoms with Gasteiger partial charge in [0, 0.05) is 42.5 Å². The first-order valence-electron chi connectivity index (χ1n) is 10.2. The highest BCUT2D eigenvalue weighted by Gasteiger charge is 2.16. The molecular formula is C23H20BrFN4O2S. The molecule has 0 atom stereocenters. The van der Waals surface area contributed by atoms with E-state index in [9.17, 15) is 9.18 Å². The Hall–Kier alpha value is -2.62. The fourth-order valence-electron chi connectivity index (χ4n) is 3.95. The normalized spacial score (nSPS) is 14.3.